The number of aliphatic carboxylic acids is 1. The van der Waals surface area contributed by atoms with Crippen molar-refractivity contribution in [3.05, 3.63) is 40.5 Å². The molecule has 0 aliphatic carbocycles. The molecule has 0 saturated heterocycles. The highest BCUT2D eigenvalue weighted by atomic mass is 79.9. The first-order valence-corrected chi connectivity index (χ1v) is 7.40. The Morgan fingerprint density at radius 3 is 2.57 bits per heavy atom. The molecule has 5 nitrogen and oxygen atoms in total. The van der Waals surface area contributed by atoms with E-state index in [4.69, 9.17) is 5.11 Å². The summed E-state index contributed by atoms with van der Waals surface area (Å²) < 4.78 is 0.909. The minimum absolute atomic E-state index is 0.183. The average molecular weight is 355 g/mol. The Balaban J connectivity index is 2.53. The molecule has 1 rings (SSSR count). The van der Waals surface area contributed by atoms with Gasteiger partial charge in [0.05, 0.1) is 0 Å². The number of carboxylic acids is 1. The lowest BCUT2D eigenvalue weighted by Crippen LogP contribution is -2.45. The van der Waals surface area contributed by atoms with Crippen LogP contribution in [0.5, 0.6) is 0 Å². The first-order valence-electron chi connectivity index (χ1n) is 6.61. The predicted octanol–water partition coefficient (Wildman–Crippen LogP) is 3.22. The SMILES string of the molecule is CC(C)CC(NC(=O)N/C=C/c1ccccc1Br)C(=O)O. The van der Waals surface area contributed by atoms with Crippen molar-refractivity contribution in [3.8, 4) is 0 Å². The molecule has 1 aromatic rings. The largest absolute Gasteiger partial charge is 0.480 e. The number of nitrogens with one attached hydrogen (secondary N) is 2. The van der Waals surface area contributed by atoms with E-state index in [9.17, 15) is 9.59 Å². The lowest BCUT2D eigenvalue weighted by atomic mass is 10.0. The topological polar surface area (TPSA) is 78.4 Å². The quantitative estimate of drug-likeness (QED) is 0.733. The van der Waals surface area contributed by atoms with Crippen LogP contribution in [0.1, 0.15) is 25.8 Å². The second-order valence-electron chi connectivity index (χ2n) is 4.99. The van der Waals surface area contributed by atoms with Crippen LogP contribution in [0.3, 0.4) is 0 Å². The summed E-state index contributed by atoms with van der Waals surface area (Å²) >= 11 is 3.39. The molecule has 6 heteroatoms. The van der Waals surface area contributed by atoms with E-state index in [1.165, 1.54) is 6.20 Å². The zero-order chi connectivity index (χ0) is 15.8. The normalized spacial score (nSPS) is 12.4. The lowest BCUT2D eigenvalue weighted by molar-refractivity contribution is -0.139. The van der Waals surface area contributed by atoms with Gasteiger partial charge in [0.2, 0.25) is 0 Å². The molecule has 2 amide bonds. The summed E-state index contributed by atoms with van der Waals surface area (Å²) in [4.78, 5) is 22.7. The fourth-order valence-corrected chi connectivity index (χ4v) is 2.13. The third-order valence-corrected chi connectivity index (χ3v) is 3.42. The number of amides is 2. The molecule has 0 aliphatic heterocycles. The van der Waals surface area contributed by atoms with Gasteiger partial charge in [-0.25, -0.2) is 9.59 Å². The molecule has 0 radical (unpaired) electrons. The van der Waals surface area contributed by atoms with Crippen LogP contribution in [0.15, 0.2) is 34.9 Å². The summed E-state index contributed by atoms with van der Waals surface area (Å²) in [6.45, 7) is 3.81. The average Bonchev–Trinajstić information content (AvgIpc) is 2.39. The monoisotopic (exact) mass is 354 g/mol. The molecule has 1 unspecified atom stereocenters. The fourth-order valence-electron chi connectivity index (χ4n) is 1.71. The molecule has 0 aromatic heterocycles. The van der Waals surface area contributed by atoms with Crippen molar-refractivity contribution in [3.63, 3.8) is 0 Å². The zero-order valence-corrected chi connectivity index (χ0v) is 13.6. The van der Waals surface area contributed by atoms with Crippen LogP contribution in [0.2, 0.25) is 0 Å². The molecule has 0 saturated carbocycles. The summed E-state index contributed by atoms with van der Waals surface area (Å²) in [5.74, 6) is -0.851. The van der Waals surface area contributed by atoms with Gasteiger partial charge in [0.15, 0.2) is 0 Å². The number of rotatable bonds is 6. The van der Waals surface area contributed by atoms with Crippen molar-refractivity contribution in [1.82, 2.24) is 10.6 Å². The van der Waals surface area contributed by atoms with Crippen molar-refractivity contribution in [2.24, 2.45) is 5.92 Å². The minimum atomic E-state index is -1.03. The maximum atomic E-state index is 11.7. The van der Waals surface area contributed by atoms with Gasteiger partial charge in [0.25, 0.3) is 0 Å². The summed E-state index contributed by atoms with van der Waals surface area (Å²) in [7, 11) is 0. The van der Waals surface area contributed by atoms with Gasteiger partial charge >= 0.3 is 12.0 Å². The van der Waals surface area contributed by atoms with Crippen LogP contribution in [0, 0.1) is 5.92 Å². The van der Waals surface area contributed by atoms with E-state index in [1.807, 2.05) is 38.1 Å². The predicted molar refractivity (Wildman–Crippen MR) is 85.7 cm³/mol. The Kier molecular flexibility index (Phi) is 6.94. The number of hydrogen-bond acceptors (Lipinski definition) is 2. The van der Waals surface area contributed by atoms with E-state index >= 15 is 0 Å². The van der Waals surface area contributed by atoms with Gasteiger partial charge in [-0.3, -0.25) is 0 Å². The zero-order valence-electron chi connectivity index (χ0n) is 12.0. The number of hydrogen-bond donors (Lipinski definition) is 3. The van der Waals surface area contributed by atoms with E-state index < -0.39 is 18.0 Å². The van der Waals surface area contributed by atoms with Gasteiger partial charge in [0.1, 0.15) is 6.04 Å². The molecule has 0 spiro atoms. The van der Waals surface area contributed by atoms with Crippen molar-refractivity contribution in [2.75, 3.05) is 0 Å². The van der Waals surface area contributed by atoms with Crippen LogP contribution in [0.4, 0.5) is 4.79 Å². The van der Waals surface area contributed by atoms with Crippen molar-refractivity contribution in [1.29, 1.82) is 0 Å². The summed E-state index contributed by atoms with van der Waals surface area (Å²) in [5, 5.41) is 14.0. The number of benzene rings is 1. The van der Waals surface area contributed by atoms with E-state index in [-0.39, 0.29) is 5.92 Å². The maximum absolute atomic E-state index is 11.7. The molecular formula is C15H19BrN2O3. The lowest BCUT2D eigenvalue weighted by Gasteiger charge is -2.16. The minimum Gasteiger partial charge on any atom is -0.480 e. The molecule has 0 heterocycles. The molecule has 21 heavy (non-hydrogen) atoms. The second kappa shape index (κ2) is 8.46. The maximum Gasteiger partial charge on any atom is 0.326 e. The summed E-state index contributed by atoms with van der Waals surface area (Å²) in [6.07, 6.45) is 3.59. The smallest absolute Gasteiger partial charge is 0.326 e. The van der Waals surface area contributed by atoms with Crippen LogP contribution in [-0.4, -0.2) is 23.1 Å². The fraction of sp³-hybridized carbons (Fsp3) is 0.333. The third-order valence-electron chi connectivity index (χ3n) is 2.69. The molecule has 1 aromatic carbocycles. The van der Waals surface area contributed by atoms with Gasteiger partial charge in [-0.2, -0.15) is 0 Å². The molecule has 114 valence electrons. The molecule has 1 atom stereocenters. The standard InChI is InChI=1S/C15H19BrN2O3/c1-10(2)9-13(14(19)20)18-15(21)17-8-7-11-5-3-4-6-12(11)16/h3-8,10,13H,9H2,1-2H3,(H,19,20)(H2,17,18,21)/b8-7+. The van der Waals surface area contributed by atoms with E-state index in [2.05, 4.69) is 26.6 Å². The molecule has 0 bridgehead atoms. The Bertz CT molecular complexity index is 529. The van der Waals surface area contributed by atoms with E-state index in [0.29, 0.717) is 6.42 Å². The highest BCUT2D eigenvalue weighted by Gasteiger charge is 2.20. The third kappa shape index (κ3) is 6.44. The Morgan fingerprint density at radius 1 is 1.33 bits per heavy atom. The molecule has 3 N–H and O–H groups in total. The van der Waals surface area contributed by atoms with E-state index in [0.717, 1.165) is 10.0 Å². The van der Waals surface area contributed by atoms with Gasteiger partial charge < -0.3 is 15.7 Å². The Hall–Kier alpha value is -1.82. The first kappa shape index (κ1) is 17.2. The molecule has 0 aliphatic rings. The summed E-state index contributed by atoms with van der Waals surface area (Å²) in [5.41, 5.74) is 0.912. The number of carbonyl (C=O) groups excluding carboxylic acids is 1. The molecule has 0 fully saturated rings. The van der Waals surface area contributed by atoms with Gasteiger partial charge in [0, 0.05) is 10.7 Å². The Labute approximate surface area is 132 Å². The molecular weight excluding hydrogens is 336 g/mol. The summed E-state index contributed by atoms with van der Waals surface area (Å²) in [6, 6.07) is 6.13. The highest BCUT2D eigenvalue weighted by molar-refractivity contribution is 9.10. The van der Waals surface area contributed by atoms with Gasteiger partial charge in [-0.05, 0) is 30.0 Å². The van der Waals surface area contributed by atoms with Crippen molar-refractivity contribution < 1.29 is 14.7 Å². The number of carboxylic acid groups (broad SMARTS) is 1. The van der Waals surface area contributed by atoms with Crippen LogP contribution < -0.4 is 10.6 Å². The van der Waals surface area contributed by atoms with Crippen LogP contribution >= 0.6 is 15.9 Å². The van der Waals surface area contributed by atoms with Gasteiger partial charge in [-0.1, -0.05) is 48.0 Å². The number of halogens is 1. The van der Waals surface area contributed by atoms with Crippen LogP contribution in [0.25, 0.3) is 6.08 Å². The van der Waals surface area contributed by atoms with Crippen LogP contribution in [-0.2, 0) is 4.79 Å². The van der Waals surface area contributed by atoms with Crippen molar-refractivity contribution >= 4 is 34.0 Å². The second-order valence-corrected chi connectivity index (χ2v) is 5.85. The Morgan fingerprint density at radius 2 is 2.00 bits per heavy atom. The highest BCUT2D eigenvalue weighted by Crippen LogP contribution is 2.16. The first-order chi connectivity index (χ1) is 9.90. The van der Waals surface area contributed by atoms with Gasteiger partial charge in [-0.15, -0.1) is 0 Å². The number of urea groups is 1. The number of carbonyl (C=O) groups is 2. The van der Waals surface area contributed by atoms with Crippen molar-refractivity contribution in [2.45, 2.75) is 26.3 Å². The van der Waals surface area contributed by atoms with E-state index in [1.54, 1.807) is 6.08 Å².